The van der Waals surface area contributed by atoms with E-state index in [1.807, 2.05) is 0 Å². The van der Waals surface area contributed by atoms with Crippen LogP contribution in [0.1, 0.15) is 12.8 Å². The van der Waals surface area contributed by atoms with Crippen molar-refractivity contribution in [2.45, 2.75) is 12.8 Å². The van der Waals surface area contributed by atoms with Gasteiger partial charge in [0.15, 0.2) is 0 Å². The quantitative estimate of drug-likeness (QED) is 0.373. The molecule has 0 bridgehead atoms. The molecule has 5 nitrogen and oxygen atoms in total. The molecule has 1 aliphatic rings. The fourth-order valence-corrected chi connectivity index (χ4v) is 2.53. The highest BCUT2D eigenvalue weighted by molar-refractivity contribution is 9.09. The van der Waals surface area contributed by atoms with Gasteiger partial charge < -0.3 is 0 Å². The zero-order chi connectivity index (χ0) is 12.7. The summed E-state index contributed by atoms with van der Waals surface area (Å²) in [4.78, 5) is 4.75. The molecule has 1 aliphatic heterocycles. The number of hydrogen-bond acceptors (Lipinski definition) is 5. The van der Waals surface area contributed by atoms with Crippen molar-refractivity contribution in [3.8, 4) is 0 Å². The molecule has 1 saturated heterocycles. The van der Waals surface area contributed by atoms with Gasteiger partial charge in [0.25, 0.3) is 10.1 Å². The number of hydrogen-bond donors (Lipinski definition) is 0. The van der Waals surface area contributed by atoms with E-state index in [-0.39, 0.29) is 6.61 Å². The van der Waals surface area contributed by atoms with Gasteiger partial charge >= 0.3 is 0 Å². The summed E-state index contributed by atoms with van der Waals surface area (Å²) >= 11 is 3.43. The molecule has 0 aromatic rings. The molecule has 0 aromatic carbocycles. The van der Waals surface area contributed by atoms with Crippen LogP contribution >= 0.6 is 15.9 Å². The molecule has 0 N–H and O–H groups in total. The molecule has 17 heavy (non-hydrogen) atoms. The first-order valence-corrected chi connectivity index (χ1v) is 8.80. The van der Waals surface area contributed by atoms with Crippen LogP contribution in [0.3, 0.4) is 0 Å². The molecule has 0 spiro atoms. The third kappa shape index (κ3) is 7.35. The summed E-state index contributed by atoms with van der Waals surface area (Å²) in [5.74, 6) is 0. The van der Waals surface area contributed by atoms with Crippen molar-refractivity contribution in [1.82, 2.24) is 9.80 Å². The Morgan fingerprint density at radius 1 is 1.18 bits per heavy atom. The summed E-state index contributed by atoms with van der Waals surface area (Å²) in [5.41, 5.74) is 0. The first-order chi connectivity index (χ1) is 8.01. The van der Waals surface area contributed by atoms with Crippen molar-refractivity contribution in [2.75, 3.05) is 51.0 Å². The molecular formula is C10H21BrN2O3S. The summed E-state index contributed by atoms with van der Waals surface area (Å²) in [6.45, 7) is 5.49. The maximum absolute atomic E-state index is 10.7. The summed E-state index contributed by atoms with van der Waals surface area (Å²) in [7, 11) is -3.28. The van der Waals surface area contributed by atoms with Gasteiger partial charge in [-0.2, -0.15) is 8.42 Å². The molecule has 1 rings (SSSR count). The van der Waals surface area contributed by atoms with Crippen LogP contribution in [0.25, 0.3) is 0 Å². The van der Waals surface area contributed by atoms with Crippen LogP contribution in [-0.2, 0) is 14.3 Å². The minimum absolute atomic E-state index is 0.288. The van der Waals surface area contributed by atoms with E-state index < -0.39 is 10.1 Å². The van der Waals surface area contributed by atoms with Crippen molar-refractivity contribution in [3.63, 3.8) is 0 Å². The van der Waals surface area contributed by atoms with Crippen LogP contribution in [0.2, 0.25) is 0 Å². The maximum Gasteiger partial charge on any atom is 0.264 e. The summed E-state index contributed by atoms with van der Waals surface area (Å²) < 4.78 is 26.2. The first-order valence-electron chi connectivity index (χ1n) is 5.86. The minimum atomic E-state index is -3.28. The van der Waals surface area contributed by atoms with Crippen LogP contribution in [0.15, 0.2) is 0 Å². The van der Waals surface area contributed by atoms with Crippen molar-refractivity contribution < 1.29 is 12.6 Å². The Kier molecular flexibility index (Phi) is 6.94. The van der Waals surface area contributed by atoms with Crippen molar-refractivity contribution in [1.29, 1.82) is 0 Å². The van der Waals surface area contributed by atoms with E-state index in [4.69, 9.17) is 4.18 Å². The number of rotatable bonds is 8. The molecule has 0 atom stereocenters. The third-order valence-corrected chi connectivity index (χ3v) is 3.81. The van der Waals surface area contributed by atoms with E-state index in [0.717, 1.165) is 50.9 Å². The predicted octanol–water partition coefficient (Wildman–Crippen LogP) is 0.713. The lowest BCUT2D eigenvalue weighted by Gasteiger charge is -2.17. The van der Waals surface area contributed by atoms with Gasteiger partial charge in [0, 0.05) is 31.5 Å². The Morgan fingerprint density at radius 3 is 2.29 bits per heavy atom. The van der Waals surface area contributed by atoms with Gasteiger partial charge in [0.2, 0.25) is 0 Å². The second-order valence-corrected chi connectivity index (χ2v) is 6.74. The molecule has 0 aliphatic carbocycles. The monoisotopic (exact) mass is 328 g/mol. The van der Waals surface area contributed by atoms with Gasteiger partial charge in [0.1, 0.15) is 0 Å². The lowest BCUT2D eigenvalue weighted by Crippen LogP contribution is -2.27. The molecule has 0 aromatic heterocycles. The fourth-order valence-electron chi connectivity index (χ4n) is 1.85. The summed E-state index contributed by atoms with van der Waals surface area (Å²) in [5, 5.41) is 1.05. The van der Waals surface area contributed by atoms with E-state index in [0.29, 0.717) is 0 Å². The van der Waals surface area contributed by atoms with Crippen LogP contribution < -0.4 is 0 Å². The van der Waals surface area contributed by atoms with Gasteiger partial charge in [0.05, 0.1) is 19.5 Å². The van der Waals surface area contributed by atoms with E-state index in [1.165, 1.54) is 6.42 Å². The molecule has 1 fully saturated rings. The van der Waals surface area contributed by atoms with Gasteiger partial charge in [-0.3, -0.25) is 14.0 Å². The third-order valence-electron chi connectivity index (χ3n) is 2.66. The number of nitrogens with zero attached hydrogens (tertiary/aromatic N) is 2. The van der Waals surface area contributed by atoms with Crippen LogP contribution in [0.5, 0.6) is 0 Å². The smallest absolute Gasteiger partial charge is 0.264 e. The standard InChI is InChI=1S/C10H21BrN2O3S/c1-17(14,15)16-9-3-6-13-8-7-12(10-13)5-2-4-11/h2-10H2,1H3. The Labute approximate surface area is 112 Å². The minimum Gasteiger partial charge on any atom is -0.289 e. The normalized spacial score (nSPS) is 18.9. The van der Waals surface area contributed by atoms with Crippen molar-refractivity contribution in [2.24, 2.45) is 0 Å². The maximum atomic E-state index is 10.7. The van der Waals surface area contributed by atoms with Crippen molar-refractivity contribution in [3.05, 3.63) is 0 Å². The highest BCUT2D eigenvalue weighted by atomic mass is 79.9. The Hall–Kier alpha value is 0.310. The zero-order valence-electron chi connectivity index (χ0n) is 10.3. The second-order valence-electron chi connectivity index (χ2n) is 4.30. The van der Waals surface area contributed by atoms with Crippen LogP contribution in [0.4, 0.5) is 0 Å². The van der Waals surface area contributed by atoms with Gasteiger partial charge in [-0.25, -0.2) is 0 Å². The molecule has 0 saturated carbocycles. The first kappa shape index (κ1) is 15.4. The van der Waals surface area contributed by atoms with Crippen molar-refractivity contribution >= 4 is 26.0 Å². The molecular weight excluding hydrogens is 308 g/mol. The zero-order valence-corrected chi connectivity index (χ0v) is 12.7. The molecule has 0 unspecified atom stereocenters. The highest BCUT2D eigenvalue weighted by Crippen LogP contribution is 2.06. The Morgan fingerprint density at radius 2 is 1.76 bits per heavy atom. The summed E-state index contributed by atoms with van der Waals surface area (Å²) in [6, 6.07) is 0. The fraction of sp³-hybridized carbons (Fsp3) is 1.00. The predicted molar refractivity (Wildman–Crippen MR) is 71.8 cm³/mol. The number of halogens is 1. The second kappa shape index (κ2) is 7.68. The Bertz CT molecular complexity index is 311. The molecule has 0 amide bonds. The van der Waals surface area contributed by atoms with E-state index >= 15 is 0 Å². The average molecular weight is 329 g/mol. The number of alkyl halides is 1. The molecule has 0 radical (unpaired) electrons. The molecule has 102 valence electrons. The Balaban J connectivity index is 2.06. The SMILES string of the molecule is CS(=O)(=O)OCCCN1CCN(CCCBr)C1. The lowest BCUT2D eigenvalue weighted by molar-refractivity contribution is 0.226. The largest absolute Gasteiger partial charge is 0.289 e. The molecule has 7 heteroatoms. The highest BCUT2D eigenvalue weighted by Gasteiger charge is 2.18. The summed E-state index contributed by atoms with van der Waals surface area (Å²) in [6.07, 6.45) is 3.02. The van der Waals surface area contributed by atoms with E-state index in [2.05, 4.69) is 25.7 Å². The topological polar surface area (TPSA) is 49.9 Å². The van der Waals surface area contributed by atoms with Crippen LogP contribution in [-0.4, -0.2) is 69.3 Å². The molecule has 1 heterocycles. The van der Waals surface area contributed by atoms with Gasteiger partial charge in [-0.05, 0) is 12.8 Å². The van der Waals surface area contributed by atoms with Gasteiger partial charge in [-0.1, -0.05) is 15.9 Å². The average Bonchev–Trinajstić information content (AvgIpc) is 2.68. The van der Waals surface area contributed by atoms with Gasteiger partial charge in [-0.15, -0.1) is 0 Å². The van der Waals surface area contributed by atoms with E-state index in [9.17, 15) is 8.42 Å². The van der Waals surface area contributed by atoms with Crippen LogP contribution in [0, 0.1) is 0 Å². The van der Waals surface area contributed by atoms with E-state index in [1.54, 1.807) is 0 Å². The lowest BCUT2D eigenvalue weighted by atomic mass is 10.4.